The van der Waals surface area contributed by atoms with Crippen LogP contribution >= 0.6 is 15.9 Å². The first-order valence-corrected chi connectivity index (χ1v) is 8.52. The molecule has 1 N–H and O–H groups in total. The highest BCUT2D eigenvalue weighted by molar-refractivity contribution is 9.10. The van der Waals surface area contributed by atoms with Gasteiger partial charge in [-0.3, -0.25) is 4.79 Å². The van der Waals surface area contributed by atoms with Crippen LogP contribution in [-0.4, -0.2) is 25.2 Å². The Morgan fingerprint density at radius 3 is 2.75 bits per heavy atom. The maximum atomic E-state index is 13.8. The number of carbonyl (C=O) groups is 1. The van der Waals surface area contributed by atoms with Crippen LogP contribution in [0.3, 0.4) is 0 Å². The van der Waals surface area contributed by atoms with Crippen molar-refractivity contribution in [2.24, 2.45) is 0 Å². The number of rotatable bonds is 5. The molecule has 1 saturated heterocycles. The van der Waals surface area contributed by atoms with E-state index in [4.69, 9.17) is 9.47 Å². The topological polar surface area (TPSA) is 47.6 Å². The van der Waals surface area contributed by atoms with E-state index in [-0.39, 0.29) is 17.7 Å². The number of hydrogen-bond acceptors (Lipinski definition) is 3. The first kappa shape index (κ1) is 16.9. The fourth-order valence-corrected chi connectivity index (χ4v) is 2.79. The Morgan fingerprint density at radius 1 is 1.29 bits per heavy atom. The molecule has 126 valence electrons. The van der Waals surface area contributed by atoms with E-state index in [1.807, 2.05) is 0 Å². The van der Waals surface area contributed by atoms with Gasteiger partial charge in [-0.05, 0) is 55.3 Å². The molecule has 0 aromatic heterocycles. The van der Waals surface area contributed by atoms with Crippen molar-refractivity contribution in [1.29, 1.82) is 0 Å². The molecule has 1 unspecified atom stereocenters. The van der Waals surface area contributed by atoms with Gasteiger partial charge < -0.3 is 14.8 Å². The minimum atomic E-state index is -0.491. The number of ether oxygens (including phenoxy) is 2. The molecule has 2 aromatic carbocycles. The quantitative estimate of drug-likeness (QED) is 0.818. The summed E-state index contributed by atoms with van der Waals surface area (Å²) in [5.41, 5.74) is 0.573. The van der Waals surface area contributed by atoms with Crippen LogP contribution < -0.4 is 10.1 Å². The van der Waals surface area contributed by atoms with Gasteiger partial charge in [-0.2, -0.15) is 0 Å². The van der Waals surface area contributed by atoms with Gasteiger partial charge in [0.2, 0.25) is 0 Å². The van der Waals surface area contributed by atoms with Crippen molar-refractivity contribution in [3.63, 3.8) is 0 Å². The van der Waals surface area contributed by atoms with Crippen LogP contribution in [0, 0.1) is 5.82 Å². The van der Waals surface area contributed by atoms with E-state index in [2.05, 4.69) is 21.2 Å². The molecule has 1 fully saturated rings. The molecule has 0 radical (unpaired) electrons. The van der Waals surface area contributed by atoms with Crippen LogP contribution in [0.1, 0.15) is 23.2 Å². The summed E-state index contributed by atoms with van der Waals surface area (Å²) in [4.78, 5) is 12.2. The molecule has 0 saturated carbocycles. The van der Waals surface area contributed by atoms with Crippen LogP contribution in [0.4, 0.5) is 10.1 Å². The maximum Gasteiger partial charge on any atom is 0.255 e. The molecule has 0 spiro atoms. The highest BCUT2D eigenvalue weighted by atomic mass is 79.9. The van der Waals surface area contributed by atoms with Crippen molar-refractivity contribution in [3.05, 3.63) is 58.3 Å². The maximum absolute atomic E-state index is 13.8. The zero-order chi connectivity index (χ0) is 16.9. The smallest absolute Gasteiger partial charge is 0.255 e. The molecule has 1 amide bonds. The van der Waals surface area contributed by atoms with Gasteiger partial charge >= 0.3 is 0 Å². The lowest BCUT2D eigenvalue weighted by atomic mass is 10.2. The summed E-state index contributed by atoms with van der Waals surface area (Å²) in [5.74, 6) is -0.187. The third-order valence-electron chi connectivity index (χ3n) is 3.76. The van der Waals surface area contributed by atoms with Crippen molar-refractivity contribution >= 4 is 27.5 Å². The van der Waals surface area contributed by atoms with E-state index >= 15 is 0 Å². The number of nitrogens with one attached hydrogen (secondary N) is 1. The molecule has 1 aliphatic rings. The number of halogens is 2. The van der Waals surface area contributed by atoms with Gasteiger partial charge in [-0.15, -0.1) is 0 Å². The zero-order valence-corrected chi connectivity index (χ0v) is 14.5. The molecule has 6 heteroatoms. The summed E-state index contributed by atoms with van der Waals surface area (Å²) in [5, 5.41) is 2.55. The van der Waals surface area contributed by atoms with Gasteiger partial charge in [0.15, 0.2) is 0 Å². The average Bonchev–Trinajstić information content (AvgIpc) is 3.09. The second-order valence-corrected chi connectivity index (χ2v) is 6.46. The fourth-order valence-electron chi connectivity index (χ4n) is 2.45. The molecule has 24 heavy (non-hydrogen) atoms. The van der Waals surface area contributed by atoms with Gasteiger partial charge in [0.05, 0.1) is 11.8 Å². The van der Waals surface area contributed by atoms with Crippen molar-refractivity contribution in [2.75, 3.05) is 18.5 Å². The van der Waals surface area contributed by atoms with Gasteiger partial charge in [0.25, 0.3) is 5.91 Å². The summed E-state index contributed by atoms with van der Waals surface area (Å²) < 4.78 is 25.5. The third kappa shape index (κ3) is 4.33. The van der Waals surface area contributed by atoms with E-state index in [1.165, 1.54) is 12.1 Å². The SMILES string of the molecule is O=C(Nc1ccc(Br)cc1F)c1ccc(OCC2CCCO2)cc1. The van der Waals surface area contributed by atoms with Gasteiger partial charge in [0, 0.05) is 16.6 Å². The van der Waals surface area contributed by atoms with Crippen molar-refractivity contribution in [1.82, 2.24) is 0 Å². The molecule has 0 aliphatic carbocycles. The Bertz CT molecular complexity index is 715. The molecular formula is C18H17BrFNO3. The number of carbonyl (C=O) groups excluding carboxylic acids is 1. The summed E-state index contributed by atoms with van der Waals surface area (Å²) in [6.45, 7) is 1.30. The predicted octanol–water partition coefficient (Wildman–Crippen LogP) is 4.40. The first-order chi connectivity index (χ1) is 11.6. The minimum Gasteiger partial charge on any atom is -0.491 e. The van der Waals surface area contributed by atoms with E-state index in [0.29, 0.717) is 22.4 Å². The lowest BCUT2D eigenvalue weighted by molar-refractivity contribution is 0.0679. The van der Waals surface area contributed by atoms with Crippen molar-refractivity contribution in [3.8, 4) is 5.75 Å². The molecule has 1 heterocycles. The average molecular weight is 394 g/mol. The molecular weight excluding hydrogens is 377 g/mol. The number of anilines is 1. The summed E-state index contributed by atoms with van der Waals surface area (Å²) in [6.07, 6.45) is 2.23. The Morgan fingerprint density at radius 2 is 2.08 bits per heavy atom. The number of hydrogen-bond donors (Lipinski definition) is 1. The molecule has 1 aliphatic heterocycles. The van der Waals surface area contributed by atoms with Crippen LogP contribution in [0.25, 0.3) is 0 Å². The standard InChI is InChI=1S/C18H17BrFNO3/c19-13-5-8-17(16(20)10-13)21-18(22)12-3-6-14(7-4-12)24-11-15-2-1-9-23-15/h3-8,10,15H,1-2,9,11H2,(H,21,22). The fraction of sp³-hybridized carbons (Fsp3) is 0.278. The van der Waals surface area contributed by atoms with Gasteiger partial charge in [-0.1, -0.05) is 15.9 Å². The monoisotopic (exact) mass is 393 g/mol. The Hall–Kier alpha value is -1.92. The Labute approximate surface area is 148 Å². The molecule has 3 rings (SSSR count). The van der Waals surface area contributed by atoms with Gasteiger partial charge in [0.1, 0.15) is 18.2 Å². The number of benzene rings is 2. The summed E-state index contributed by atoms with van der Waals surface area (Å²) in [6, 6.07) is 11.2. The van der Waals surface area contributed by atoms with Crippen molar-refractivity contribution in [2.45, 2.75) is 18.9 Å². The van der Waals surface area contributed by atoms with E-state index in [9.17, 15) is 9.18 Å². The Kier molecular flexibility index (Phi) is 5.48. The first-order valence-electron chi connectivity index (χ1n) is 7.73. The lowest BCUT2D eigenvalue weighted by Crippen LogP contribution is -2.16. The lowest BCUT2D eigenvalue weighted by Gasteiger charge is -2.12. The second kappa shape index (κ2) is 7.77. The third-order valence-corrected chi connectivity index (χ3v) is 4.25. The summed E-state index contributed by atoms with van der Waals surface area (Å²) >= 11 is 3.18. The molecule has 0 bridgehead atoms. The second-order valence-electron chi connectivity index (χ2n) is 5.55. The normalized spacial score (nSPS) is 16.8. The van der Waals surface area contributed by atoms with E-state index in [1.54, 1.807) is 30.3 Å². The molecule has 4 nitrogen and oxygen atoms in total. The van der Waals surface area contributed by atoms with E-state index in [0.717, 1.165) is 19.4 Å². The van der Waals surface area contributed by atoms with E-state index < -0.39 is 5.82 Å². The molecule has 1 atom stereocenters. The van der Waals surface area contributed by atoms with Crippen LogP contribution in [-0.2, 0) is 4.74 Å². The Balaban J connectivity index is 1.58. The zero-order valence-electron chi connectivity index (χ0n) is 12.9. The van der Waals surface area contributed by atoms with Crippen LogP contribution in [0.2, 0.25) is 0 Å². The number of amides is 1. The summed E-state index contributed by atoms with van der Waals surface area (Å²) in [7, 11) is 0. The highest BCUT2D eigenvalue weighted by Gasteiger charge is 2.16. The minimum absolute atomic E-state index is 0.141. The molecule has 2 aromatic rings. The van der Waals surface area contributed by atoms with Crippen LogP contribution in [0.5, 0.6) is 5.75 Å². The van der Waals surface area contributed by atoms with Gasteiger partial charge in [-0.25, -0.2) is 4.39 Å². The highest BCUT2D eigenvalue weighted by Crippen LogP contribution is 2.21. The predicted molar refractivity (Wildman–Crippen MR) is 93.0 cm³/mol. The largest absolute Gasteiger partial charge is 0.491 e. The van der Waals surface area contributed by atoms with Crippen LogP contribution in [0.15, 0.2) is 46.9 Å². The van der Waals surface area contributed by atoms with Crippen molar-refractivity contribution < 1.29 is 18.7 Å².